The first-order valence-electron chi connectivity index (χ1n) is 5.93. The van der Waals surface area contributed by atoms with Gasteiger partial charge in [-0.2, -0.15) is 0 Å². The quantitative estimate of drug-likeness (QED) is 0.703. The van der Waals surface area contributed by atoms with Crippen LogP contribution in [0, 0.1) is 0 Å². The Labute approximate surface area is 103 Å². The molecule has 1 aromatic carbocycles. The van der Waals surface area contributed by atoms with Gasteiger partial charge in [0.1, 0.15) is 18.1 Å². The molecule has 0 aliphatic carbocycles. The predicted octanol–water partition coefficient (Wildman–Crippen LogP) is 1.83. The summed E-state index contributed by atoms with van der Waals surface area (Å²) >= 11 is 0. The maximum Gasteiger partial charge on any atom is 0.123 e. The van der Waals surface area contributed by atoms with Gasteiger partial charge >= 0.3 is 0 Å². The van der Waals surface area contributed by atoms with Gasteiger partial charge in [0.15, 0.2) is 0 Å². The van der Waals surface area contributed by atoms with E-state index in [1.165, 1.54) is 0 Å². The molecule has 2 N–H and O–H groups in total. The van der Waals surface area contributed by atoms with E-state index in [0.717, 1.165) is 11.5 Å². The second-order valence-electron chi connectivity index (χ2n) is 3.67. The van der Waals surface area contributed by atoms with E-state index >= 15 is 0 Å². The number of ether oxygens (including phenoxy) is 3. The van der Waals surface area contributed by atoms with Crippen LogP contribution in [-0.2, 0) is 4.74 Å². The van der Waals surface area contributed by atoms with E-state index in [-0.39, 0.29) is 6.10 Å². The number of hydrogen-bond acceptors (Lipinski definition) is 4. The van der Waals surface area contributed by atoms with Crippen LogP contribution in [0.3, 0.4) is 0 Å². The summed E-state index contributed by atoms with van der Waals surface area (Å²) in [5.74, 6) is 1.61. The van der Waals surface area contributed by atoms with E-state index in [1.54, 1.807) is 0 Å². The van der Waals surface area contributed by atoms with E-state index in [9.17, 15) is 0 Å². The van der Waals surface area contributed by atoms with Gasteiger partial charge < -0.3 is 19.9 Å². The maximum absolute atomic E-state index is 5.54. The molecule has 0 fully saturated rings. The molecule has 0 aliphatic heterocycles. The Morgan fingerprint density at radius 3 is 2.53 bits per heavy atom. The fourth-order valence-electron chi connectivity index (χ4n) is 1.30. The lowest BCUT2D eigenvalue weighted by atomic mass is 10.3. The molecule has 0 amide bonds. The lowest BCUT2D eigenvalue weighted by Crippen LogP contribution is -2.22. The molecule has 0 saturated carbocycles. The molecule has 1 rings (SSSR count). The van der Waals surface area contributed by atoms with Crippen LogP contribution in [0.5, 0.6) is 11.5 Å². The first kappa shape index (κ1) is 13.8. The van der Waals surface area contributed by atoms with E-state index in [0.29, 0.717) is 26.4 Å². The van der Waals surface area contributed by atoms with E-state index in [4.69, 9.17) is 19.9 Å². The Morgan fingerprint density at radius 1 is 1.18 bits per heavy atom. The second kappa shape index (κ2) is 7.92. The molecular formula is C13H21NO3. The Bertz CT molecular complexity index is 317. The molecule has 4 heteroatoms. The zero-order chi connectivity index (χ0) is 12.5. The highest BCUT2D eigenvalue weighted by atomic mass is 16.5. The molecule has 0 radical (unpaired) electrons. The number of nitrogens with two attached hydrogens (primary N) is 1. The number of benzene rings is 1. The number of hydrogen-bond donors (Lipinski definition) is 1. The summed E-state index contributed by atoms with van der Waals surface area (Å²) in [5.41, 5.74) is 5.44. The fraction of sp³-hybridized carbons (Fsp3) is 0.538. The van der Waals surface area contributed by atoms with Gasteiger partial charge in [0.25, 0.3) is 0 Å². The monoisotopic (exact) mass is 239 g/mol. The van der Waals surface area contributed by atoms with Crippen LogP contribution in [0.15, 0.2) is 24.3 Å². The standard InChI is InChI=1S/C13H21NO3/c1-3-15-12-5-4-6-13(9-12)17-8-7-16-11(2)10-14/h4-6,9,11H,3,7-8,10,14H2,1-2H3. The van der Waals surface area contributed by atoms with Crippen LogP contribution in [0.25, 0.3) is 0 Å². The van der Waals surface area contributed by atoms with Crippen molar-refractivity contribution in [3.8, 4) is 11.5 Å². The molecule has 1 unspecified atom stereocenters. The third kappa shape index (κ3) is 5.56. The molecule has 0 aliphatic rings. The SMILES string of the molecule is CCOc1cccc(OCCOC(C)CN)c1. The first-order valence-corrected chi connectivity index (χ1v) is 5.93. The minimum Gasteiger partial charge on any atom is -0.494 e. The van der Waals surface area contributed by atoms with Crippen LogP contribution in [0.4, 0.5) is 0 Å². The molecule has 1 aromatic rings. The lowest BCUT2D eigenvalue weighted by molar-refractivity contribution is 0.0496. The van der Waals surface area contributed by atoms with Crippen molar-refractivity contribution in [1.29, 1.82) is 0 Å². The zero-order valence-corrected chi connectivity index (χ0v) is 10.5. The largest absolute Gasteiger partial charge is 0.494 e. The predicted molar refractivity (Wildman–Crippen MR) is 67.6 cm³/mol. The molecular weight excluding hydrogens is 218 g/mol. The highest BCUT2D eigenvalue weighted by Gasteiger charge is 2.00. The molecule has 17 heavy (non-hydrogen) atoms. The van der Waals surface area contributed by atoms with Gasteiger partial charge in [-0.15, -0.1) is 0 Å². The van der Waals surface area contributed by atoms with E-state index in [1.807, 2.05) is 38.1 Å². The molecule has 0 spiro atoms. The van der Waals surface area contributed by atoms with Gasteiger partial charge in [0, 0.05) is 12.6 Å². The van der Waals surface area contributed by atoms with Crippen molar-refractivity contribution in [2.45, 2.75) is 20.0 Å². The van der Waals surface area contributed by atoms with Gasteiger partial charge in [-0.25, -0.2) is 0 Å². The smallest absolute Gasteiger partial charge is 0.123 e. The van der Waals surface area contributed by atoms with Crippen molar-refractivity contribution >= 4 is 0 Å². The topological polar surface area (TPSA) is 53.7 Å². The van der Waals surface area contributed by atoms with Crippen molar-refractivity contribution in [1.82, 2.24) is 0 Å². The van der Waals surface area contributed by atoms with Crippen molar-refractivity contribution in [2.24, 2.45) is 5.73 Å². The van der Waals surface area contributed by atoms with E-state index < -0.39 is 0 Å². The molecule has 0 bridgehead atoms. The Kier molecular flexibility index (Phi) is 6.43. The highest BCUT2D eigenvalue weighted by molar-refractivity contribution is 5.32. The molecule has 1 atom stereocenters. The van der Waals surface area contributed by atoms with Crippen LogP contribution >= 0.6 is 0 Å². The van der Waals surface area contributed by atoms with Crippen LogP contribution in [-0.4, -0.2) is 32.5 Å². The summed E-state index contributed by atoms with van der Waals surface area (Å²) in [6.07, 6.45) is 0.0772. The van der Waals surface area contributed by atoms with Gasteiger partial charge in [0.05, 0.1) is 19.3 Å². The van der Waals surface area contributed by atoms with Gasteiger partial charge in [-0.05, 0) is 26.0 Å². The van der Waals surface area contributed by atoms with E-state index in [2.05, 4.69) is 0 Å². The van der Waals surface area contributed by atoms with Crippen molar-refractivity contribution in [3.05, 3.63) is 24.3 Å². The molecule has 0 heterocycles. The molecule has 4 nitrogen and oxygen atoms in total. The van der Waals surface area contributed by atoms with Crippen LogP contribution in [0.2, 0.25) is 0 Å². The summed E-state index contributed by atoms with van der Waals surface area (Å²) in [4.78, 5) is 0. The minimum absolute atomic E-state index is 0.0772. The lowest BCUT2D eigenvalue weighted by Gasteiger charge is -2.12. The van der Waals surface area contributed by atoms with Gasteiger partial charge in [-0.3, -0.25) is 0 Å². The maximum atomic E-state index is 5.54. The fourth-order valence-corrected chi connectivity index (χ4v) is 1.30. The second-order valence-corrected chi connectivity index (χ2v) is 3.67. The third-order valence-corrected chi connectivity index (χ3v) is 2.20. The number of rotatable bonds is 8. The average Bonchev–Trinajstić information content (AvgIpc) is 2.35. The summed E-state index contributed by atoms with van der Waals surface area (Å²) in [7, 11) is 0. The summed E-state index contributed by atoms with van der Waals surface area (Å²) < 4.78 is 16.3. The normalized spacial score (nSPS) is 12.2. The third-order valence-electron chi connectivity index (χ3n) is 2.20. The average molecular weight is 239 g/mol. The van der Waals surface area contributed by atoms with Crippen LogP contribution < -0.4 is 15.2 Å². The Morgan fingerprint density at radius 2 is 1.88 bits per heavy atom. The highest BCUT2D eigenvalue weighted by Crippen LogP contribution is 2.19. The summed E-state index contributed by atoms with van der Waals surface area (Å²) in [6.45, 7) is 6.13. The summed E-state index contributed by atoms with van der Waals surface area (Å²) in [6, 6.07) is 7.58. The first-order chi connectivity index (χ1) is 8.26. The molecule has 96 valence electrons. The van der Waals surface area contributed by atoms with Crippen molar-refractivity contribution in [2.75, 3.05) is 26.4 Å². The van der Waals surface area contributed by atoms with Gasteiger partial charge in [-0.1, -0.05) is 6.07 Å². The van der Waals surface area contributed by atoms with Crippen LogP contribution in [0.1, 0.15) is 13.8 Å². The Hall–Kier alpha value is -1.26. The molecule has 0 aromatic heterocycles. The van der Waals surface area contributed by atoms with Crippen molar-refractivity contribution < 1.29 is 14.2 Å². The van der Waals surface area contributed by atoms with Gasteiger partial charge in [0.2, 0.25) is 0 Å². The van der Waals surface area contributed by atoms with Crippen molar-refractivity contribution in [3.63, 3.8) is 0 Å². The zero-order valence-electron chi connectivity index (χ0n) is 10.5. The molecule has 0 saturated heterocycles. The minimum atomic E-state index is 0.0772. The summed E-state index contributed by atoms with van der Waals surface area (Å²) in [5, 5.41) is 0. The Balaban J connectivity index is 2.28.